The van der Waals surface area contributed by atoms with Crippen molar-refractivity contribution in [1.29, 1.82) is 0 Å². The molecule has 2 aliphatic rings. The molecule has 1 aliphatic carbocycles. The number of aliphatic hydroxyl groups excluding tert-OH is 1. The summed E-state index contributed by atoms with van der Waals surface area (Å²) in [5, 5.41) is 10.4. The zero-order chi connectivity index (χ0) is 13.9. The third kappa shape index (κ3) is 2.90. The quantitative estimate of drug-likeness (QED) is 0.899. The van der Waals surface area contributed by atoms with Crippen molar-refractivity contribution in [2.24, 2.45) is 0 Å². The predicted octanol–water partition coefficient (Wildman–Crippen LogP) is 2.40. The fraction of sp³-hybridized carbons (Fsp3) is 0.647. The summed E-state index contributed by atoms with van der Waals surface area (Å²) in [6, 6.07) is 11.5. The molecule has 110 valence electrons. The second kappa shape index (κ2) is 6.25. The minimum atomic E-state index is -0.185. The Morgan fingerprint density at radius 3 is 2.75 bits per heavy atom. The normalized spacial score (nSPS) is 35.9. The van der Waals surface area contributed by atoms with E-state index < -0.39 is 0 Å². The first kappa shape index (κ1) is 14.1. The molecule has 4 unspecified atom stereocenters. The molecule has 1 aliphatic heterocycles. The summed E-state index contributed by atoms with van der Waals surface area (Å²) in [6.45, 7) is 4.74. The Morgan fingerprint density at radius 1 is 1.20 bits per heavy atom. The average Bonchev–Trinajstić information content (AvgIpc) is 2.49. The molecule has 0 spiro atoms. The van der Waals surface area contributed by atoms with Crippen LogP contribution < -0.4 is 0 Å². The summed E-state index contributed by atoms with van der Waals surface area (Å²) in [6.07, 6.45) is 2.89. The zero-order valence-corrected chi connectivity index (χ0v) is 12.2. The van der Waals surface area contributed by atoms with Gasteiger partial charge in [-0.3, -0.25) is 4.90 Å². The molecule has 1 aromatic rings. The lowest BCUT2D eigenvalue weighted by Gasteiger charge is -2.45. The molecule has 0 aromatic heterocycles. The molecule has 3 rings (SSSR count). The van der Waals surface area contributed by atoms with Crippen LogP contribution in [0.4, 0.5) is 0 Å². The molecule has 2 fully saturated rings. The van der Waals surface area contributed by atoms with E-state index in [4.69, 9.17) is 4.74 Å². The second-order valence-electron chi connectivity index (χ2n) is 6.22. The summed E-state index contributed by atoms with van der Waals surface area (Å²) in [5.41, 5.74) is 1.42. The number of ether oxygens (including phenoxy) is 1. The fourth-order valence-electron chi connectivity index (χ4n) is 3.75. The number of nitrogens with zero attached hydrogens (tertiary/aromatic N) is 1. The maximum absolute atomic E-state index is 10.4. The van der Waals surface area contributed by atoms with E-state index in [0.29, 0.717) is 12.0 Å². The molecular formula is C17H25NO2. The van der Waals surface area contributed by atoms with Crippen LogP contribution in [0.15, 0.2) is 30.3 Å². The van der Waals surface area contributed by atoms with Gasteiger partial charge in [0.2, 0.25) is 0 Å². The molecule has 0 amide bonds. The highest BCUT2D eigenvalue weighted by molar-refractivity contribution is 5.20. The van der Waals surface area contributed by atoms with Crippen LogP contribution in [-0.4, -0.2) is 48.0 Å². The molecule has 0 bridgehead atoms. The van der Waals surface area contributed by atoms with E-state index in [0.717, 1.165) is 39.0 Å². The topological polar surface area (TPSA) is 32.7 Å². The second-order valence-corrected chi connectivity index (χ2v) is 6.22. The average molecular weight is 275 g/mol. The molecule has 1 saturated carbocycles. The SMILES string of the molecule is CC1COCCN1C1CC(c2ccccc2)CCC1O. The minimum Gasteiger partial charge on any atom is -0.391 e. The molecule has 1 N–H and O–H groups in total. The lowest BCUT2D eigenvalue weighted by Crippen LogP contribution is -2.55. The van der Waals surface area contributed by atoms with E-state index in [-0.39, 0.29) is 12.1 Å². The van der Waals surface area contributed by atoms with Crippen LogP contribution in [-0.2, 0) is 4.74 Å². The summed E-state index contributed by atoms with van der Waals surface area (Å²) >= 11 is 0. The van der Waals surface area contributed by atoms with Gasteiger partial charge < -0.3 is 9.84 Å². The Hall–Kier alpha value is -0.900. The Balaban J connectivity index is 1.73. The number of aliphatic hydroxyl groups is 1. The highest BCUT2D eigenvalue weighted by Gasteiger charge is 2.36. The Labute approximate surface area is 121 Å². The van der Waals surface area contributed by atoms with Crippen molar-refractivity contribution in [1.82, 2.24) is 4.90 Å². The summed E-state index contributed by atoms with van der Waals surface area (Å²) in [5.74, 6) is 0.583. The van der Waals surface area contributed by atoms with Gasteiger partial charge in [0, 0.05) is 18.6 Å². The van der Waals surface area contributed by atoms with Gasteiger partial charge in [-0.1, -0.05) is 30.3 Å². The molecule has 4 atom stereocenters. The Bertz CT molecular complexity index is 422. The first-order valence-corrected chi connectivity index (χ1v) is 7.82. The van der Waals surface area contributed by atoms with Crippen LogP contribution in [0.3, 0.4) is 0 Å². The van der Waals surface area contributed by atoms with E-state index in [1.165, 1.54) is 5.56 Å². The minimum absolute atomic E-state index is 0.185. The standard InChI is InChI=1S/C17H25NO2/c1-13-12-20-10-9-18(13)16-11-15(7-8-17(16)19)14-5-3-2-4-6-14/h2-6,13,15-17,19H,7-12H2,1H3. The van der Waals surface area contributed by atoms with Gasteiger partial charge in [-0.05, 0) is 37.7 Å². The molecule has 1 saturated heterocycles. The molecule has 1 aromatic carbocycles. The summed E-state index contributed by atoms with van der Waals surface area (Å²) < 4.78 is 5.53. The zero-order valence-electron chi connectivity index (χ0n) is 12.2. The van der Waals surface area contributed by atoms with Gasteiger partial charge in [0.25, 0.3) is 0 Å². The molecule has 3 nitrogen and oxygen atoms in total. The molecule has 20 heavy (non-hydrogen) atoms. The summed E-state index contributed by atoms with van der Waals surface area (Å²) in [7, 11) is 0. The van der Waals surface area contributed by atoms with Gasteiger partial charge in [-0.2, -0.15) is 0 Å². The Morgan fingerprint density at radius 2 is 2.00 bits per heavy atom. The van der Waals surface area contributed by atoms with Crippen LogP contribution in [0.5, 0.6) is 0 Å². The maximum atomic E-state index is 10.4. The molecule has 3 heteroatoms. The first-order valence-electron chi connectivity index (χ1n) is 7.82. The third-order valence-corrected chi connectivity index (χ3v) is 4.90. The van der Waals surface area contributed by atoms with Gasteiger partial charge in [0.1, 0.15) is 0 Å². The molecule has 0 radical (unpaired) electrons. The van der Waals surface area contributed by atoms with Crippen LogP contribution in [0.25, 0.3) is 0 Å². The number of morpholine rings is 1. The van der Waals surface area contributed by atoms with Gasteiger partial charge in [0.05, 0.1) is 19.3 Å². The molecule has 1 heterocycles. The van der Waals surface area contributed by atoms with Gasteiger partial charge >= 0.3 is 0 Å². The van der Waals surface area contributed by atoms with Crippen molar-refractivity contribution in [2.75, 3.05) is 19.8 Å². The fourth-order valence-corrected chi connectivity index (χ4v) is 3.75. The van der Waals surface area contributed by atoms with Gasteiger partial charge in [0.15, 0.2) is 0 Å². The summed E-state index contributed by atoms with van der Waals surface area (Å²) in [4.78, 5) is 2.46. The monoisotopic (exact) mass is 275 g/mol. The first-order chi connectivity index (χ1) is 9.75. The number of benzene rings is 1. The number of hydrogen-bond acceptors (Lipinski definition) is 3. The smallest absolute Gasteiger partial charge is 0.0696 e. The van der Waals surface area contributed by atoms with Crippen molar-refractivity contribution < 1.29 is 9.84 Å². The van der Waals surface area contributed by atoms with E-state index in [2.05, 4.69) is 42.2 Å². The van der Waals surface area contributed by atoms with Crippen LogP contribution >= 0.6 is 0 Å². The van der Waals surface area contributed by atoms with E-state index in [1.807, 2.05) is 0 Å². The third-order valence-electron chi connectivity index (χ3n) is 4.90. The van der Waals surface area contributed by atoms with Crippen molar-refractivity contribution in [3.8, 4) is 0 Å². The van der Waals surface area contributed by atoms with E-state index >= 15 is 0 Å². The molecular weight excluding hydrogens is 250 g/mol. The van der Waals surface area contributed by atoms with Crippen molar-refractivity contribution in [3.63, 3.8) is 0 Å². The van der Waals surface area contributed by atoms with Crippen molar-refractivity contribution in [3.05, 3.63) is 35.9 Å². The van der Waals surface area contributed by atoms with Crippen LogP contribution in [0.1, 0.15) is 37.7 Å². The number of rotatable bonds is 2. The van der Waals surface area contributed by atoms with Crippen LogP contribution in [0.2, 0.25) is 0 Å². The Kier molecular flexibility index (Phi) is 4.39. The highest BCUT2D eigenvalue weighted by atomic mass is 16.5. The predicted molar refractivity (Wildman–Crippen MR) is 79.8 cm³/mol. The lowest BCUT2D eigenvalue weighted by molar-refractivity contribution is -0.0675. The van der Waals surface area contributed by atoms with Crippen LogP contribution in [0, 0.1) is 0 Å². The lowest BCUT2D eigenvalue weighted by atomic mass is 9.79. The maximum Gasteiger partial charge on any atom is 0.0696 e. The highest BCUT2D eigenvalue weighted by Crippen LogP contribution is 2.36. The van der Waals surface area contributed by atoms with Crippen molar-refractivity contribution in [2.45, 2.75) is 50.3 Å². The van der Waals surface area contributed by atoms with Gasteiger partial charge in [-0.15, -0.1) is 0 Å². The van der Waals surface area contributed by atoms with Crippen molar-refractivity contribution >= 4 is 0 Å². The van der Waals surface area contributed by atoms with E-state index in [1.54, 1.807) is 0 Å². The largest absolute Gasteiger partial charge is 0.391 e. The number of hydrogen-bond donors (Lipinski definition) is 1. The van der Waals surface area contributed by atoms with Gasteiger partial charge in [-0.25, -0.2) is 0 Å². The van der Waals surface area contributed by atoms with E-state index in [9.17, 15) is 5.11 Å².